The molecule has 0 heterocycles. The van der Waals surface area contributed by atoms with Gasteiger partial charge in [0.05, 0.1) is 5.60 Å². The Hall–Kier alpha value is -2.75. The summed E-state index contributed by atoms with van der Waals surface area (Å²) in [6, 6.07) is 26.2. The summed E-state index contributed by atoms with van der Waals surface area (Å²) in [6.07, 6.45) is 3.56. The number of carbonyl (C=O) groups is 1. The summed E-state index contributed by atoms with van der Waals surface area (Å²) in [5, 5.41) is 23.9. The normalized spacial score (nSPS) is 30.8. The Morgan fingerprint density at radius 3 is 2.30 bits per heavy atom. The molecule has 2 N–H and O–H groups in total. The molecule has 1 saturated carbocycles. The zero-order valence-corrected chi connectivity index (χ0v) is 19.4. The van der Waals surface area contributed by atoms with E-state index in [1.165, 1.54) is 16.7 Å². The molecule has 4 atom stereocenters. The van der Waals surface area contributed by atoms with E-state index in [2.05, 4.69) is 30.3 Å². The number of aliphatic hydroxyl groups is 2. The molecular formula is C30H32O3. The molecule has 3 heteroatoms. The maximum Gasteiger partial charge on any atom is 0.159 e. The summed E-state index contributed by atoms with van der Waals surface area (Å²) in [7, 11) is 0. The van der Waals surface area contributed by atoms with Crippen LogP contribution in [0.5, 0.6) is 0 Å². The van der Waals surface area contributed by atoms with Gasteiger partial charge in [0.25, 0.3) is 0 Å². The number of Topliss-reactive ketones (excluding diaryl/α,β-unsaturated/α-hetero) is 1. The molecule has 5 rings (SSSR count). The van der Waals surface area contributed by atoms with Crippen molar-refractivity contribution in [2.45, 2.75) is 62.6 Å². The predicted octanol–water partition coefficient (Wildman–Crippen LogP) is 5.36. The number of aryl methyl sites for hydroxylation is 1. The van der Waals surface area contributed by atoms with Crippen molar-refractivity contribution < 1.29 is 15.0 Å². The highest BCUT2D eigenvalue weighted by molar-refractivity contribution is 5.94. The second-order valence-corrected chi connectivity index (χ2v) is 10.4. The average Bonchev–Trinajstić information content (AvgIpc) is 2.81. The number of hydrogen-bond donors (Lipinski definition) is 2. The van der Waals surface area contributed by atoms with Crippen molar-refractivity contribution in [3.8, 4) is 0 Å². The first-order valence-electron chi connectivity index (χ1n) is 11.9. The van der Waals surface area contributed by atoms with Crippen LogP contribution < -0.4 is 0 Å². The van der Waals surface area contributed by atoms with Crippen LogP contribution in [0.25, 0.3) is 0 Å². The van der Waals surface area contributed by atoms with E-state index in [1.807, 2.05) is 48.5 Å². The summed E-state index contributed by atoms with van der Waals surface area (Å²) in [5.41, 5.74) is 2.25. The fraction of sp³-hybridized carbons (Fsp3) is 0.367. The summed E-state index contributed by atoms with van der Waals surface area (Å²) < 4.78 is 0. The van der Waals surface area contributed by atoms with Crippen LogP contribution in [0.3, 0.4) is 0 Å². The molecule has 3 nitrogen and oxygen atoms in total. The first kappa shape index (κ1) is 22.1. The first-order valence-corrected chi connectivity index (χ1v) is 11.9. The van der Waals surface area contributed by atoms with Crippen molar-refractivity contribution in [3.05, 3.63) is 107 Å². The van der Waals surface area contributed by atoms with Crippen LogP contribution in [0.1, 0.15) is 65.7 Å². The van der Waals surface area contributed by atoms with Gasteiger partial charge in [-0.3, -0.25) is 4.79 Å². The molecule has 0 amide bonds. The second kappa shape index (κ2) is 7.93. The number of ketones is 1. The minimum absolute atomic E-state index is 0.0751. The van der Waals surface area contributed by atoms with E-state index in [0.717, 1.165) is 30.4 Å². The van der Waals surface area contributed by atoms with Gasteiger partial charge in [-0.05, 0) is 80.2 Å². The average molecular weight is 441 g/mol. The standard InChI is InChI=1S/C30H32O3/c1-21(31)23-14-16-27-24(17-23)13-15-26-19-30(33,25-11-7-4-8-12-25)28(2,32)20-29(26,27)18-22-9-5-3-6-10-22/h3-12,14,16-17,26,32-33H,13,15,18-20H2,1-2H3/t26-,28-,29-,30-/m1/s1. The Morgan fingerprint density at radius 2 is 1.64 bits per heavy atom. The minimum Gasteiger partial charge on any atom is -0.387 e. The van der Waals surface area contributed by atoms with Gasteiger partial charge < -0.3 is 10.2 Å². The third-order valence-electron chi connectivity index (χ3n) is 8.30. The van der Waals surface area contributed by atoms with Crippen molar-refractivity contribution in [2.24, 2.45) is 5.92 Å². The lowest BCUT2D eigenvalue weighted by atomic mass is 9.48. The van der Waals surface area contributed by atoms with Crippen LogP contribution in [0.4, 0.5) is 0 Å². The molecule has 2 aliphatic carbocycles. The molecule has 3 aromatic carbocycles. The number of rotatable bonds is 4. The molecule has 0 radical (unpaired) electrons. The third kappa shape index (κ3) is 3.55. The smallest absolute Gasteiger partial charge is 0.159 e. The van der Waals surface area contributed by atoms with E-state index < -0.39 is 11.2 Å². The van der Waals surface area contributed by atoms with Crippen LogP contribution in [0.2, 0.25) is 0 Å². The van der Waals surface area contributed by atoms with Gasteiger partial charge in [0.15, 0.2) is 5.78 Å². The van der Waals surface area contributed by atoms with Crippen molar-refractivity contribution in [1.82, 2.24) is 0 Å². The Balaban J connectivity index is 1.66. The Morgan fingerprint density at radius 1 is 0.970 bits per heavy atom. The van der Waals surface area contributed by atoms with Gasteiger partial charge in [0.1, 0.15) is 5.60 Å². The minimum atomic E-state index is -1.31. The number of hydrogen-bond acceptors (Lipinski definition) is 3. The fourth-order valence-corrected chi connectivity index (χ4v) is 6.61. The van der Waals surface area contributed by atoms with Crippen LogP contribution in [0, 0.1) is 5.92 Å². The quantitative estimate of drug-likeness (QED) is 0.537. The fourth-order valence-electron chi connectivity index (χ4n) is 6.61. The molecule has 0 bridgehead atoms. The molecule has 2 aliphatic rings. The van der Waals surface area contributed by atoms with Crippen molar-refractivity contribution in [3.63, 3.8) is 0 Å². The molecule has 3 aromatic rings. The molecule has 0 unspecified atom stereocenters. The highest BCUT2D eigenvalue weighted by Crippen LogP contribution is 2.59. The maximum atomic E-state index is 12.1. The van der Waals surface area contributed by atoms with Gasteiger partial charge >= 0.3 is 0 Å². The summed E-state index contributed by atoms with van der Waals surface area (Å²) >= 11 is 0. The van der Waals surface area contributed by atoms with Crippen molar-refractivity contribution in [2.75, 3.05) is 0 Å². The Bertz CT molecular complexity index is 1170. The van der Waals surface area contributed by atoms with Gasteiger partial charge in [-0.25, -0.2) is 0 Å². The summed E-state index contributed by atoms with van der Waals surface area (Å²) in [6.45, 7) is 3.40. The molecule has 0 aliphatic heterocycles. The number of carbonyl (C=O) groups excluding carboxylic acids is 1. The van der Waals surface area contributed by atoms with Gasteiger partial charge in [0.2, 0.25) is 0 Å². The maximum absolute atomic E-state index is 12.1. The molecule has 1 fully saturated rings. The highest BCUT2D eigenvalue weighted by Gasteiger charge is 2.61. The lowest BCUT2D eigenvalue weighted by Crippen LogP contribution is -2.62. The van der Waals surface area contributed by atoms with E-state index in [4.69, 9.17) is 0 Å². The molecule has 0 saturated heterocycles. The SMILES string of the molecule is CC(=O)c1ccc2c(c1)CC[C@@H]1C[C@@](O)(c3ccccc3)[C@](C)(O)C[C@@]21Cc1ccccc1. The van der Waals surface area contributed by atoms with Gasteiger partial charge in [-0.15, -0.1) is 0 Å². The monoisotopic (exact) mass is 440 g/mol. The third-order valence-corrected chi connectivity index (χ3v) is 8.30. The van der Waals surface area contributed by atoms with Gasteiger partial charge in [0, 0.05) is 11.0 Å². The van der Waals surface area contributed by atoms with Gasteiger partial charge in [-0.2, -0.15) is 0 Å². The van der Waals surface area contributed by atoms with Crippen molar-refractivity contribution in [1.29, 1.82) is 0 Å². The lowest BCUT2D eigenvalue weighted by molar-refractivity contribution is -0.204. The van der Waals surface area contributed by atoms with Crippen LogP contribution >= 0.6 is 0 Å². The molecule has 0 spiro atoms. The predicted molar refractivity (Wildman–Crippen MR) is 130 cm³/mol. The van der Waals surface area contributed by atoms with Crippen LogP contribution in [-0.4, -0.2) is 21.6 Å². The largest absolute Gasteiger partial charge is 0.387 e. The van der Waals surface area contributed by atoms with E-state index in [1.54, 1.807) is 13.8 Å². The van der Waals surface area contributed by atoms with E-state index in [0.29, 0.717) is 12.8 Å². The van der Waals surface area contributed by atoms with E-state index in [-0.39, 0.29) is 17.1 Å². The first-order chi connectivity index (χ1) is 15.8. The molecular weight excluding hydrogens is 408 g/mol. The zero-order valence-electron chi connectivity index (χ0n) is 19.4. The van der Waals surface area contributed by atoms with Crippen molar-refractivity contribution >= 4 is 5.78 Å². The van der Waals surface area contributed by atoms with Crippen LogP contribution in [0.15, 0.2) is 78.9 Å². The Kier molecular flexibility index (Phi) is 5.30. The molecule has 0 aromatic heterocycles. The molecule has 170 valence electrons. The van der Waals surface area contributed by atoms with E-state index >= 15 is 0 Å². The zero-order chi connectivity index (χ0) is 23.3. The van der Waals surface area contributed by atoms with Gasteiger partial charge in [-0.1, -0.05) is 72.8 Å². The summed E-state index contributed by atoms with van der Waals surface area (Å²) in [5.74, 6) is 0.282. The number of benzene rings is 3. The number of fused-ring (bicyclic) bond motifs is 3. The molecule has 33 heavy (non-hydrogen) atoms. The van der Waals surface area contributed by atoms with Crippen LogP contribution in [-0.2, 0) is 23.9 Å². The van der Waals surface area contributed by atoms with E-state index in [9.17, 15) is 15.0 Å². The highest BCUT2D eigenvalue weighted by atomic mass is 16.4. The second-order valence-electron chi connectivity index (χ2n) is 10.4. The topological polar surface area (TPSA) is 57.5 Å². The Labute approximate surface area is 196 Å². The summed E-state index contributed by atoms with van der Waals surface area (Å²) in [4.78, 5) is 12.1. The lowest BCUT2D eigenvalue weighted by Gasteiger charge is -2.59.